The van der Waals surface area contributed by atoms with Crippen molar-refractivity contribution < 1.29 is 20.4 Å². The van der Waals surface area contributed by atoms with E-state index in [9.17, 15) is 0 Å². The molecule has 0 amide bonds. The maximum atomic E-state index is 8.50. The number of aliphatic hydroxyl groups excluding tert-OH is 4. The van der Waals surface area contributed by atoms with Crippen LogP contribution < -0.4 is 0 Å². The lowest BCUT2D eigenvalue weighted by Crippen LogP contribution is -2.37. The van der Waals surface area contributed by atoms with E-state index in [2.05, 4.69) is 106 Å². The van der Waals surface area contributed by atoms with Crippen molar-refractivity contribution in [1.29, 1.82) is 0 Å². The van der Waals surface area contributed by atoms with E-state index in [1.54, 1.807) is 0 Å². The monoisotopic (exact) mass is 496 g/mol. The molecule has 184 valence electrons. The van der Waals surface area contributed by atoms with Crippen molar-refractivity contribution in [2.75, 3.05) is 26.4 Å². The van der Waals surface area contributed by atoms with Gasteiger partial charge in [-0.15, -0.1) is 0 Å². The van der Waals surface area contributed by atoms with Crippen LogP contribution in [0.3, 0.4) is 0 Å². The quantitative estimate of drug-likeness (QED) is 0.232. The zero-order chi connectivity index (χ0) is 24.5. The van der Waals surface area contributed by atoms with Crippen LogP contribution in [0.5, 0.6) is 0 Å². The van der Waals surface area contributed by atoms with Gasteiger partial charge in [-0.25, -0.2) is 0 Å². The molecule has 8 heteroatoms. The van der Waals surface area contributed by atoms with Gasteiger partial charge in [-0.1, -0.05) is 55.4 Å². The highest BCUT2D eigenvalue weighted by molar-refractivity contribution is 7.81. The van der Waals surface area contributed by atoms with E-state index in [0.29, 0.717) is 21.0 Å². The molecule has 0 aromatic carbocycles. The van der Waals surface area contributed by atoms with Gasteiger partial charge < -0.3 is 20.4 Å². The van der Waals surface area contributed by atoms with Crippen LogP contribution in [0, 0.1) is 5.41 Å². The van der Waals surface area contributed by atoms with E-state index in [1.165, 1.54) is 25.7 Å². The zero-order valence-corrected chi connectivity index (χ0v) is 23.6. The summed E-state index contributed by atoms with van der Waals surface area (Å²) in [6.07, 6.45) is 4.68. The second-order valence-corrected chi connectivity index (χ2v) is 10.7. The molecule has 0 aliphatic rings. The Hall–Kier alpha value is 1.24. The Morgan fingerprint density at radius 1 is 0.483 bits per heavy atom. The predicted octanol–water partition coefficient (Wildman–Crippen LogP) is 4.80. The number of hydrogen-bond acceptors (Lipinski definition) is 8. The van der Waals surface area contributed by atoms with Gasteiger partial charge in [-0.3, -0.25) is 0 Å². The van der Waals surface area contributed by atoms with E-state index in [-0.39, 0.29) is 0 Å². The third-order valence-corrected chi connectivity index (χ3v) is 5.17. The van der Waals surface area contributed by atoms with Gasteiger partial charge in [0.05, 0.1) is 31.8 Å². The largest absolute Gasteiger partial charge is 0.396 e. The number of aliphatic hydroxyl groups is 4. The molecule has 0 spiro atoms. The third kappa shape index (κ3) is 48.1. The standard InChI is InChI=1S/C5H12O4.4C4H10S/c6-1-5(2-7,3-8)4-9;4*1-3-4(2)5/h6-9H,1-4H2;4*4-5H,3H2,1-2H3. The van der Waals surface area contributed by atoms with Crippen molar-refractivity contribution in [2.24, 2.45) is 5.41 Å². The lowest BCUT2D eigenvalue weighted by Gasteiger charge is -2.23. The number of rotatable bonds is 8. The van der Waals surface area contributed by atoms with Crippen LogP contribution in [0.25, 0.3) is 0 Å². The molecule has 4 N–H and O–H groups in total. The summed E-state index contributed by atoms with van der Waals surface area (Å²) in [4.78, 5) is 0. The molecule has 0 aromatic heterocycles. The summed E-state index contributed by atoms with van der Waals surface area (Å²) in [7, 11) is 0. The Labute approximate surface area is 204 Å². The van der Waals surface area contributed by atoms with E-state index >= 15 is 0 Å². The Morgan fingerprint density at radius 2 is 0.586 bits per heavy atom. The van der Waals surface area contributed by atoms with Crippen molar-refractivity contribution in [3.8, 4) is 0 Å². The van der Waals surface area contributed by atoms with Gasteiger partial charge in [0, 0.05) is 0 Å². The molecule has 0 aliphatic carbocycles. The van der Waals surface area contributed by atoms with Crippen molar-refractivity contribution in [3.63, 3.8) is 0 Å². The Kier molecular flexibility index (Phi) is 44.0. The van der Waals surface area contributed by atoms with E-state index in [1.807, 2.05) is 0 Å². The molecule has 4 atom stereocenters. The fraction of sp³-hybridized carbons (Fsp3) is 1.00. The molecule has 0 radical (unpaired) electrons. The van der Waals surface area contributed by atoms with Gasteiger partial charge in [0.1, 0.15) is 0 Å². The second kappa shape index (κ2) is 31.4. The molecule has 0 bridgehead atoms. The van der Waals surface area contributed by atoms with Crippen LogP contribution in [-0.2, 0) is 0 Å². The van der Waals surface area contributed by atoms with Gasteiger partial charge in [0.2, 0.25) is 0 Å². The molecule has 0 aliphatic heterocycles. The van der Waals surface area contributed by atoms with Crippen molar-refractivity contribution in [2.45, 2.75) is 102 Å². The Bertz CT molecular complexity index is 214. The molecule has 0 aromatic rings. The van der Waals surface area contributed by atoms with Crippen LogP contribution in [0.4, 0.5) is 0 Å². The van der Waals surface area contributed by atoms with Crippen LogP contribution in [0.15, 0.2) is 0 Å². The SMILES string of the molecule is CCC(C)S.CCC(C)S.CCC(C)S.CCC(C)S.OCC(CO)(CO)CO. The minimum absolute atomic E-state index is 0.406. The first-order valence-corrected chi connectivity index (χ1v) is 12.5. The fourth-order valence-corrected chi connectivity index (χ4v) is 0.300. The smallest absolute Gasteiger partial charge is 0.0627 e. The van der Waals surface area contributed by atoms with Gasteiger partial charge in [0.15, 0.2) is 0 Å². The van der Waals surface area contributed by atoms with Gasteiger partial charge >= 0.3 is 0 Å². The summed E-state index contributed by atoms with van der Waals surface area (Å²) >= 11 is 16.4. The van der Waals surface area contributed by atoms with Gasteiger partial charge in [-0.2, -0.15) is 50.5 Å². The highest BCUT2D eigenvalue weighted by atomic mass is 32.1. The molecular weight excluding hydrogens is 444 g/mol. The van der Waals surface area contributed by atoms with Crippen LogP contribution in [-0.4, -0.2) is 67.9 Å². The molecule has 0 heterocycles. The minimum Gasteiger partial charge on any atom is -0.396 e. The van der Waals surface area contributed by atoms with Gasteiger partial charge in [-0.05, 0) is 46.7 Å². The Morgan fingerprint density at radius 3 is 0.586 bits per heavy atom. The molecule has 29 heavy (non-hydrogen) atoms. The zero-order valence-electron chi connectivity index (χ0n) is 20.0. The summed E-state index contributed by atoms with van der Waals surface area (Å²) < 4.78 is 0. The van der Waals surface area contributed by atoms with E-state index in [4.69, 9.17) is 20.4 Å². The van der Waals surface area contributed by atoms with Gasteiger partial charge in [0.25, 0.3) is 0 Å². The average molecular weight is 497 g/mol. The molecule has 0 fully saturated rings. The summed E-state index contributed by atoms with van der Waals surface area (Å²) in [5, 5.41) is 36.3. The summed E-state index contributed by atoms with van der Waals surface area (Å²) in [6.45, 7) is 15.2. The minimum atomic E-state index is -1.11. The van der Waals surface area contributed by atoms with E-state index < -0.39 is 31.8 Å². The molecule has 0 saturated carbocycles. The highest BCUT2D eigenvalue weighted by Gasteiger charge is 2.26. The lowest BCUT2D eigenvalue weighted by molar-refractivity contribution is -0.0328. The summed E-state index contributed by atoms with van der Waals surface area (Å²) in [5.41, 5.74) is -1.11. The number of thiol groups is 4. The lowest BCUT2D eigenvalue weighted by atomic mass is 9.93. The highest BCUT2D eigenvalue weighted by Crippen LogP contribution is 2.11. The Balaban J connectivity index is -0.0000000853. The number of hydrogen-bond donors (Lipinski definition) is 8. The normalized spacial score (nSPS) is 14.1. The predicted molar refractivity (Wildman–Crippen MR) is 146 cm³/mol. The first-order valence-electron chi connectivity index (χ1n) is 10.5. The summed E-state index contributed by atoms with van der Waals surface area (Å²) in [5.74, 6) is 0. The molecule has 4 nitrogen and oxygen atoms in total. The third-order valence-electron chi connectivity index (χ3n) is 3.70. The average Bonchev–Trinajstić information content (AvgIpc) is 2.71. The maximum absolute atomic E-state index is 8.50. The van der Waals surface area contributed by atoms with Crippen LogP contribution in [0.1, 0.15) is 81.1 Å². The van der Waals surface area contributed by atoms with E-state index in [0.717, 1.165) is 0 Å². The first kappa shape index (κ1) is 40.6. The topological polar surface area (TPSA) is 80.9 Å². The first-order chi connectivity index (χ1) is 13.3. The fourth-order valence-electron chi connectivity index (χ4n) is 0.300. The summed E-state index contributed by atoms with van der Waals surface area (Å²) in [6, 6.07) is 0. The molecular formula is C21H52O4S4. The molecule has 4 unspecified atom stereocenters. The van der Waals surface area contributed by atoms with Crippen LogP contribution in [0.2, 0.25) is 0 Å². The second-order valence-electron chi connectivity index (χ2n) is 7.16. The molecule has 0 saturated heterocycles. The van der Waals surface area contributed by atoms with Crippen molar-refractivity contribution >= 4 is 50.5 Å². The van der Waals surface area contributed by atoms with Crippen LogP contribution >= 0.6 is 50.5 Å². The maximum Gasteiger partial charge on any atom is 0.0627 e. The van der Waals surface area contributed by atoms with Crippen molar-refractivity contribution in [3.05, 3.63) is 0 Å². The molecule has 0 rings (SSSR count). The van der Waals surface area contributed by atoms with Crippen molar-refractivity contribution in [1.82, 2.24) is 0 Å².